The topological polar surface area (TPSA) is 120 Å². The number of carboxylic acids is 1. The summed E-state index contributed by atoms with van der Waals surface area (Å²) < 4.78 is 34.1. The molecule has 0 rings (SSSR count). The van der Waals surface area contributed by atoms with Crippen LogP contribution in [0, 0.1) is 0 Å². The molecule has 0 heterocycles. The van der Waals surface area contributed by atoms with Gasteiger partial charge in [-0.1, -0.05) is 96.8 Å². The van der Waals surface area contributed by atoms with Crippen molar-refractivity contribution in [2.45, 2.75) is 110 Å². The number of hydrogen-bond acceptors (Lipinski definition) is 6. The SMILES string of the molecule is CCCCCCCCCCCCCCCCCC(=O)[O-].O=S(=O)([O-])[O-].[Al+3].[Mg+2]. The molecule has 0 N–H and O–H groups in total. The minimum Gasteiger partial charge on any atom is -0.759 e. The molecule has 9 heteroatoms. The second-order valence-electron chi connectivity index (χ2n) is 6.48. The molecule has 0 bridgehead atoms. The number of carbonyl (C=O) groups is 1. The van der Waals surface area contributed by atoms with Gasteiger partial charge in [0.05, 0.1) is 0 Å². The van der Waals surface area contributed by atoms with Gasteiger partial charge in [-0.05, 0) is 12.8 Å². The molecule has 152 valence electrons. The fraction of sp³-hybridized carbons (Fsp3) is 0.944. The third-order valence-corrected chi connectivity index (χ3v) is 3.98. The Labute approximate surface area is 193 Å². The van der Waals surface area contributed by atoms with Crippen LogP contribution in [-0.2, 0) is 15.2 Å². The van der Waals surface area contributed by atoms with E-state index >= 15 is 0 Å². The van der Waals surface area contributed by atoms with Crippen LogP contribution in [0.4, 0.5) is 0 Å². The van der Waals surface area contributed by atoms with Gasteiger partial charge in [0.2, 0.25) is 0 Å². The van der Waals surface area contributed by atoms with Gasteiger partial charge in [0.25, 0.3) is 0 Å². The van der Waals surface area contributed by atoms with Crippen molar-refractivity contribution in [2.75, 3.05) is 0 Å². The predicted molar refractivity (Wildman–Crippen MR) is 107 cm³/mol. The van der Waals surface area contributed by atoms with E-state index in [9.17, 15) is 9.90 Å². The minimum absolute atomic E-state index is 0. The van der Waals surface area contributed by atoms with E-state index in [2.05, 4.69) is 6.92 Å². The normalized spacial score (nSPS) is 10.2. The van der Waals surface area contributed by atoms with Crippen molar-refractivity contribution in [2.24, 2.45) is 0 Å². The molecule has 0 atom stereocenters. The molecule has 0 aliphatic rings. The number of rotatable bonds is 16. The van der Waals surface area contributed by atoms with Crippen LogP contribution in [0.3, 0.4) is 0 Å². The van der Waals surface area contributed by atoms with E-state index in [1.165, 1.54) is 83.5 Å². The van der Waals surface area contributed by atoms with Crippen LogP contribution in [0.25, 0.3) is 0 Å². The largest absolute Gasteiger partial charge is 3.00 e. The summed E-state index contributed by atoms with van der Waals surface area (Å²) in [6, 6.07) is 0. The fourth-order valence-electron chi connectivity index (χ4n) is 2.64. The molecule has 0 amide bonds. The molecule has 0 saturated carbocycles. The molecule has 0 aliphatic heterocycles. The van der Waals surface area contributed by atoms with Gasteiger partial charge in [0.1, 0.15) is 0 Å². The molecule has 0 spiro atoms. The van der Waals surface area contributed by atoms with Gasteiger partial charge >= 0.3 is 40.4 Å². The Balaban J connectivity index is -0.000000333. The summed E-state index contributed by atoms with van der Waals surface area (Å²) in [5.41, 5.74) is 0. The first-order chi connectivity index (χ1) is 11.8. The average molecular weight is 431 g/mol. The van der Waals surface area contributed by atoms with Crippen molar-refractivity contribution in [1.82, 2.24) is 0 Å². The smallest absolute Gasteiger partial charge is 0.759 e. The fourth-order valence-corrected chi connectivity index (χ4v) is 2.64. The van der Waals surface area contributed by atoms with Gasteiger partial charge in [-0.15, -0.1) is 0 Å². The van der Waals surface area contributed by atoms with E-state index in [1.54, 1.807) is 0 Å². The predicted octanol–water partition coefficient (Wildman–Crippen LogP) is 2.90. The number of carbonyl (C=O) groups excluding carboxylic acids is 1. The molecule has 0 radical (unpaired) electrons. The Kier molecular flexibility index (Phi) is 34.6. The monoisotopic (exact) mass is 430 g/mol. The zero-order valence-corrected chi connectivity index (χ0v) is 20.3. The van der Waals surface area contributed by atoms with Crippen molar-refractivity contribution in [3.8, 4) is 0 Å². The molecule has 0 fully saturated rings. The molecule has 0 aliphatic carbocycles. The Bertz CT molecular complexity index is 385. The van der Waals surface area contributed by atoms with Crippen molar-refractivity contribution in [1.29, 1.82) is 0 Å². The summed E-state index contributed by atoms with van der Waals surface area (Å²) in [7, 11) is -5.17. The van der Waals surface area contributed by atoms with Crippen LogP contribution >= 0.6 is 0 Å². The molecule has 0 aromatic heterocycles. The molecule has 0 aromatic carbocycles. The van der Waals surface area contributed by atoms with Crippen molar-refractivity contribution in [3.05, 3.63) is 0 Å². The summed E-state index contributed by atoms with van der Waals surface area (Å²) in [6.07, 6.45) is 19.9. The van der Waals surface area contributed by atoms with Gasteiger partial charge in [0, 0.05) is 16.4 Å². The first kappa shape index (κ1) is 35.1. The number of aliphatic carboxylic acids is 1. The van der Waals surface area contributed by atoms with E-state index in [0.29, 0.717) is 0 Å². The van der Waals surface area contributed by atoms with Crippen molar-refractivity contribution in [3.63, 3.8) is 0 Å². The number of unbranched alkanes of at least 4 members (excludes halogenated alkanes) is 14. The van der Waals surface area contributed by atoms with Gasteiger partial charge in [-0.3, -0.25) is 8.42 Å². The van der Waals surface area contributed by atoms with Crippen molar-refractivity contribution < 1.29 is 27.4 Å². The molecular formula is C18H35AlMgO6S+2. The molecule has 0 aromatic rings. The van der Waals surface area contributed by atoms with Crippen molar-refractivity contribution >= 4 is 56.8 Å². The van der Waals surface area contributed by atoms with E-state index in [4.69, 9.17) is 17.5 Å². The molecule has 0 unspecified atom stereocenters. The van der Waals surface area contributed by atoms with Crippen LogP contribution in [0.1, 0.15) is 110 Å². The minimum atomic E-state index is -5.17. The summed E-state index contributed by atoms with van der Waals surface area (Å²) in [6.45, 7) is 2.27. The van der Waals surface area contributed by atoms with E-state index in [1.807, 2.05) is 0 Å². The second-order valence-corrected chi connectivity index (χ2v) is 7.30. The standard InChI is InChI=1S/C18H36O2.Al.Mg.H2O4S/c1-2-3-4-5-6-7-8-9-10-11-12-13-14-15-16-17-18(19)20;;;1-5(2,3)4/h2-17H2,1H3,(H,19,20);;;(H2,1,2,3,4)/q;+3;+2;/p-3. The van der Waals surface area contributed by atoms with Crippen LogP contribution in [-0.4, -0.2) is 63.9 Å². The molecule has 0 saturated heterocycles. The van der Waals surface area contributed by atoms with Crippen LogP contribution in [0.15, 0.2) is 0 Å². The second kappa shape index (κ2) is 26.6. The third kappa shape index (κ3) is 52.0. The molecule has 6 nitrogen and oxygen atoms in total. The number of hydrogen-bond donors (Lipinski definition) is 0. The van der Waals surface area contributed by atoms with Gasteiger partial charge in [-0.2, -0.15) is 0 Å². The van der Waals surface area contributed by atoms with Gasteiger partial charge < -0.3 is 19.0 Å². The van der Waals surface area contributed by atoms with E-state index in [0.717, 1.165) is 12.8 Å². The van der Waals surface area contributed by atoms with Crippen LogP contribution < -0.4 is 5.11 Å². The zero-order chi connectivity index (χ0) is 19.4. The maximum absolute atomic E-state index is 10.2. The Hall–Kier alpha value is 0.639. The maximum Gasteiger partial charge on any atom is 3.00 e. The summed E-state index contributed by atoms with van der Waals surface area (Å²) >= 11 is 0. The summed E-state index contributed by atoms with van der Waals surface area (Å²) in [5, 5.41) is 10.2. The summed E-state index contributed by atoms with van der Waals surface area (Å²) in [4.78, 5) is 10.2. The average Bonchev–Trinajstić information content (AvgIpc) is 2.49. The van der Waals surface area contributed by atoms with Crippen LogP contribution in [0.2, 0.25) is 0 Å². The summed E-state index contributed by atoms with van der Waals surface area (Å²) in [5.74, 6) is -0.903. The molecular weight excluding hydrogens is 396 g/mol. The quantitative estimate of drug-likeness (QED) is 0.161. The number of carboxylic acid groups (broad SMARTS) is 1. The van der Waals surface area contributed by atoms with E-state index in [-0.39, 0.29) is 46.8 Å². The van der Waals surface area contributed by atoms with Gasteiger partial charge in [-0.25, -0.2) is 0 Å². The Morgan fingerprint density at radius 2 is 0.889 bits per heavy atom. The first-order valence-corrected chi connectivity index (χ1v) is 11.0. The van der Waals surface area contributed by atoms with Crippen LogP contribution in [0.5, 0.6) is 0 Å². The Morgan fingerprint density at radius 3 is 1.11 bits per heavy atom. The van der Waals surface area contributed by atoms with Gasteiger partial charge in [0.15, 0.2) is 0 Å². The zero-order valence-electron chi connectivity index (χ0n) is 17.0. The third-order valence-electron chi connectivity index (χ3n) is 3.98. The Morgan fingerprint density at radius 1 is 0.667 bits per heavy atom. The van der Waals surface area contributed by atoms with E-state index < -0.39 is 16.4 Å². The first-order valence-electron chi connectivity index (χ1n) is 9.64. The molecule has 27 heavy (non-hydrogen) atoms. The maximum atomic E-state index is 10.2.